The number of carbonyl (C=O) groups is 3. The minimum absolute atomic E-state index is 0.0588. The minimum atomic E-state index is -0.605. The summed E-state index contributed by atoms with van der Waals surface area (Å²) in [6.07, 6.45) is 0.821. The van der Waals surface area contributed by atoms with Crippen LogP contribution in [0.3, 0.4) is 0 Å². The van der Waals surface area contributed by atoms with Gasteiger partial charge < -0.3 is 4.90 Å². The van der Waals surface area contributed by atoms with E-state index < -0.39 is 17.9 Å². The topological polar surface area (TPSA) is 84.3 Å². The molecule has 1 aliphatic heterocycles. The van der Waals surface area contributed by atoms with Crippen molar-refractivity contribution in [1.29, 1.82) is 0 Å². The Kier molecular flexibility index (Phi) is 4.11. The van der Waals surface area contributed by atoms with Crippen LogP contribution in [0.15, 0.2) is 0 Å². The summed E-state index contributed by atoms with van der Waals surface area (Å²) in [6.45, 7) is 5.44. The summed E-state index contributed by atoms with van der Waals surface area (Å²) in [5, 5.41) is 6.54. The highest BCUT2D eigenvalue weighted by Crippen LogP contribution is 2.16. The fourth-order valence-corrected chi connectivity index (χ4v) is 2.57. The second-order valence-electron chi connectivity index (χ2n) is 5.38. The number of nitrogens with zero attached hydrogens (tertiary/aromatic N) is 3. The summed E-state index contributed by atoms with van der Waals surface area (Å²) >= 11 is 0. The number of nitrogens with one attached hydrogen (secondary N) is 1. The maximum absolute atomic E-state index is 12.3. The molecule has 1 saturated heterocycles. The van der Waals surface area contributed by atoms with E-state index in [0.717, 1.165) is 17.0 Å². The van der Waals surface area contributed by atoms with Gasteiger partial charge in [-0.15, -0.1) is 0 Å². The quantitative estimate of drug-likeness (QED) is 0.785. The number of amides is 3. The first-order valence-electron chi connectivity index (χ1n) is 6.93. The van der Waals surface area contributed by atoms with Gasteiger partial charge in [-0.1, -0.05) is 0 Å². The standard InChI is InChI=1S/C14H20N4O3/c1-8-11(9(2)17(4)16-8)5-6-13(20)18-7-12(19)15-14(21)10(18)3/h10H,5-7H2,1-4H3,(H,15,19,21). The number of piperazine rings is 1. The Morgan fingerprint density at radius 3 is 2.62 bits per heavy atom. The smallest absolute Gasteiger partial charge is 0.249 e. The third-order valence-corrected chi connectivity index (χ3v) is 3.99. The maximum Gasteiger partial charge on any atom is 0.249 e. The fraction of sp³-hybridized carbons (Fsp3) is 0.571. The molecular weight excluding hydrogens is 272 g/mol. The van der Waals surface area contributed by atoms with Gasteiger partial charge in [0.2, 0.25) is 17.7 Å². The summed E-state index contributed by atoms with van der Waals surface area (Å²) < 4.78 is 1.79. The van der Waals surface area contributed by atoms with Crippen molar-refractivity contribution in [2.24, 2.45) is 7.05 Å². The van der Waals surface area contributed by atoms with Crippen molar-refractivity contribution < 1.29 is 14.4 Å². The lowest BCUT2D eigenvalue weighted by atomic mass is 10.1. The van der Waals surface area contributed by atoms with Gasteiger partial charge in [-0.05, 0) is 32.8 Å². The van der Waals surface area contributed by atoms with Crippen molar-refractivity contribution in [3.8, 4) is 0 Å². The van der Waals surface area contributed by atoms with Crippen LogP contribution in [0.2, 0.25) is 0 Å². The molecule has 3 amide bonds. The van der Waals surface area contributed by atoms with E-state index in [9.17, 15) is 14.4 Å². The molecule has 0 saturated carbocycles. The van der Waals surface area contributed by atoms with Crippen molar-refractivity contribution in [2.75, 3.05) is 6.54 Å². The van der Waals surface area contributed by atoms with Crippen LogP contribution in [0.1, 0.15) is 30.3 Å². The number of rotatable bonds is 3. The summed E-state index contributed by atoms with van der Waals surface area (Å²) in [5.74, 6) is -1.04. The largest absolute Gasteiger partial charge is 0.322 e. The van der Waals surface area contributed by atoms with E-state index in [1.54, 1.807) is 11.6 Å². The molecule has 0 bridgehead atoms. The second kappa shape index (κ2) is 5.67. The SMILES string of the molecule is Cc1nn(C)c(C)c1CCC(=O)N1CC(=O)NC(=O)C1C. The molecule has 1 aromatic heterocycles. The number of aryl methyl sites for hydroxylation is 2. The van der Waals surface area contributed by atoms with Gasteiger partial charge >= 0.3 is 0 Å². The third kappa shape index (κ3) is 2.96. The zero-order chi connectivity index (χ0) is 15.7. The van der Waals surface area contributed by atoms with Gasteiger partial charge in [0, 0.05) is 19.2 Å². The highest BCUT2D eigenvalue weighted by atomic mass is 16.2. The lowest BCUT2D eigenvalue weighted by Crippen LogP contribution is -2.58. The van der Waals surface area contributed by atoms with Gasteiger partial charge in [-0.2, -0.15) is 5.10 Å². The molecule has 7 nitrogen and oxygen atoms in total. The van der Waals surface area contributed by atoms with Crippen LogP contribution in [0.25, 0.3) is 0 Å². The minimum Gasteiger partial charge on any atom is -0.322 e. The van der Waals surface area contributed by atoms with E-state index in [1.165, 1.54) is 4.90 Å². The Balaban J connectivity index is 2.04. The normalized spacial score (nSPS) is 18.9. The molecular formula is C14H20N4O3. The van der Waals surface area contributed by atoms with Gasteiger partial charge in [0.25, 0.3) is 0 Å². The third-order valence-electron chi connectivity index (χ3n) is 3.99. The zero-order valence-corrected chi connectivity index (χ0v) is 12.8. The van der Waals surface area contributed by atoms with Gasteiger partial charge in [-0.25, -0.2) is 0 Å². The van der Waals surface area contributed by atoms with Crippen LogP contribution in [0, 0.1) is 13.8 Å². The van der Waals surface area contributed by atoms with E-state index in [2.05, 4.69) is 10.4 Å². The van der Waals surface area contributed by atoms with Gasteiger partial charge in [-0.3, -0.25) is 24.4 Å². The van der Waals surface area contributed by atoms with Gasteiger partial charge in [0.15, 0.2) is 0 Å². The summed E-state index contributed by atoms with van der Waals surface area (Å²) in [7, 11) is 1.86. The highest BCUT2D eigenvalue weighted by Gasteiger charge is 2.33. The van der Waals surface area contributed by atoms with Crippen LogP contribution in [-0.4, -0.2) is 45.0 Å². The van der Waals surface area contributed by atoms with Crippen molar-refractivity contribution in [1.82, 2.24) is 20.0 Å². The Hall–Kier alpha value is -2.18. The molecule has 1 aromatic rings. The second-order valence-corrected chi connectivity index (χ2v) is 5.38. The predicted molar refractivity (Wildman–Crippen MR) is 75.3 cm³/mol. The first-order chi connectivity index (χ1) is 9.81. The molecule has 0 aliphatic carbocycles. The molecule has 2 rings (SSSR count). The monoisotopic (exact) mass is 292 g/mol. The zero-order valence-electron chi connectivity index (χ0n) is 12.8. The van der Waals surface area contributed by atoms with Gasteiger partial charge in [0.1, 0.15) is 12.6 Å². The van der Waals surface area contributed by atoms with Crippen molar-refractivity contribution >= 4 is 17.7 Å². The molecule has 1 aliphatic rings. The molecule has 0 aromatic carbocycles. The summed E-state index contributed by atoms with van der Waals surface area (Å²) in [4.78, 5) is 36.6. The van der Waals surface area contributed by atoms with E-state index in [-0.39, 0.29) is 18.9 Å². The summed E-state index contributed by atoms with van der Waals surface area (Å²) in [6, 6.07) is -0.605. The molecule has 7 heteroatoms. The Morgan fingerprint density at radius 2 is 2.05 bits per heavy atom. The molecule has 1 fully saturated rings. The van der Waals surface area contributed by atoms with Crippen LogP contribution in [0.4, 0.5) is 0 Å². The molecule has 0 spiro atoms. The van der Waals surface area contributed by atoms with Crippen LogP contribution in [0.5, 0.6) is 0 Å². The summed E-state index contributed by atoms with van der Waals surface area (Å²) in [5.41, 5.74) is 2.98. The van der Waals surface area contributed by atoms with Crippen molar-refractivity contribution in [3.05, 3.63) is 17.0 Å². The first-order valence-corrected chi connectivity index (χ1v) is 6.93. The average molecular weight is 292 g/mol. The van der Waals surface area contributed by atoms with Crippen molar-refractivity contribution in [2.45, 2.75) is 39.7 Å². The first kappa shape index (κ1) is 15.2. The van der Waals surface area contributed by atoms with Crippen LogP contribution >= 0.6 is 0 Å². The molecule has 0 radical (unpaired) electrons. The number of hydrogen-bond acceptors (Lipinski definition) is 4. The molecule has 1 N–H and O–H groups in total. The molecule has 2 heterocycles. The molecule has 1 atom stereocenters. The Morgan fingerprint density at radius 1 is 1.38 bits per heavy atom. The maximum atomic E-state index is 12.3. The number of carbonyl (C=O) groups excluding carboxylic acids is 3. The molecule has 1 unspecified atom stereocenters. The predicted octanol–water partition coefficient (Wildman–Crippen LogP) is -0.157. The van der Waals surface area contributed by atoms with E-state index in [1.807, 2.05) is 20.9 Å². The lowest BCUT2D eigenvalue weighted by molar-refractivity contribution is -0.149. The number of hydrogen-bond donors (Lipinski definition) is 1. The molecule has 21 heavy (non-hydrogen) atoms. The highest BCUT2D eigenvalue weighted by molar-refractivity contribution is 6.04. The number of imide groups is 1. The van der Waals surface area contributed by atoms with Crippen molar-refractivity contribution in [3.63, 3.8) is 0 Å². The van der Waals surface area contributed by atoms with Crippen LogP contribution in [-0.2, 0) is 27.9 Å². The van der Waals surface area contributed by atoms with Gasteiger partial charge in [0.05, 0.1) is 5.69 Å². The lowest BCUT2D eigenvalue weighted by Gasteiger charge is -2.31. The average Bonchev–Trinajstić information content (AvgIpc) is 2.65. The van der Waals surface area contributed by atoms with E-state index >= 15 is 0 Å². The number of aromatic nitrogens is 2. The molecule has 114 valence electrons. The Bertz CT molecular complexity index is 606. The van der Waals surface area contributed by atoms with Crippen LogP contribution < -0.4 is 5.32 Å². The van der Waals surface area contributed by atoms with E-state index in [4.69, 9.17) is 0 Å². The van der Waals surface area contributed by atoms with E-state index in [0.29, 0.717) is 6.42 Å². The fourth-order valence-electron chi connectivity index (χ4n) is 2.57. The Labute approximate surface area is 123 Å².